The summed E-state index contributed by atoms with van der Waals surface area (Å²) >= 11 is 0. The van der Waals surface area contributed by atoms with Gasteiger partial charge in [0.2, 0.25) is 0 Å². The monoisotopic (exact) mass is 159 g/mol. The van der Waals surface area contributed by atoms with Crippen LogP contribution >= 0.6 is 0 Å². The fourth-order valence-electron chi connectivity index (χ4n) is 1.88. The molecule has 0 unspecified atom stereocenters. The molecule has 0 amide bonds. The molecule has 0 saturated carbocycles. The van der Waals surface area contributed by atoms with Crippen molar-refractivity contribution in [2.75, 3.05) is 0 Å². The van der Waals surface area contributed by atoms with E-state index in [2.05, 4.69) is 31.0 Å². The molecule has 1 aliphatic rings. The van der Waals surface area contributed by atoms with Gasteiger partial charge in [0, 0.05) is 17.1 Å². The minimum Gasteiger partial charge on any atom is -0.261 e. The molecule has 1 aliphatic carbocycles. The zero-order valence-electron chi connectivity index (χ0n) is 7.59. The van der Waals surface area contributed by atoms with Gasteiger partial charge in [0.1, 0.15) is 0 Å². The number of rotatable bonds is 0. The molecule has 1 aromatic heterocycles. The highest BCUT2D eigenvalue weighted by atomic mass is 14.7. The second-order valence-corrected chi connectivity index (χ2v) is 3.38. The lowest BCUT2D eigenvalue weighted by molar-refractivity contribution is 1.03. The number of hydrogen-bond donors (Lipinski definition) is 0. The number of aromatic nitrogens is 1. The van der Waals surface area contributed by atoms with Crippen LogP contribution in [-0.2, 0) is 0 Å². The molecular formula is C11H13N. The number of aryl methyl sites for hydroxylation is 1. The first-order chi connectivity index (χ1) is 5.79. The van der Waals surface area contributed by atoms with Crippen molar-refractivity contribution in [3.63, 3.8) is 0 Å². The van der Waals surface area contributed by atoms with Crippen molar-refractivity contribution in [3.8, 4) is 0 Å². The quantitative estimate of drug-likeness (QED) is 0.553. The Balaban J connectivity index is 2.95. The van der Waals surface area contributed by atoms with Gasteiger partial charge in [0.15, 0.2) is 0 Å². The van der Waals surface area contributed by atoms with Crippen molar-refractivity contribution >= 4 is 11.6 Å². The second kappa shape index (κ2) is 2.74. The molecule has 0 N–H and O–H groups in total. The Hall–Kier alpha value is -1.11. The fourth-order valence-corrected chi connectivity index (χ4v) is 1.88. The Morgan fingerprint density at radius 3 is 2.92 bits per heavy atom. The van der Waals surface area contributed by atoms with Crippen molar-refractivity contribution < 1.29 is 0 Å². The summed E-state index contributed by atoms with van der Waals surface area (Å²) < 4.78 is 0. The van der Waals surface area contributed by atoms with E-state index in [4.69, 9.17) is 0 Å². The molecule has 0 aromatic carbocycles. The van der Waals surface area contributed by atoms with Crippen LogP contribution in [0.25, 0.3) is 11.6 Å². The van der Waals surface area contributed by atoms with E-state index in [0.717, 1.165) is 0 Å². The highest BCUT2D eigenvalue weighted by Gasteiger charge is 2.01. The molecule has 0 atom stereocenters. The predicted molar refractivity (Wildman–Crippen MR) is 51.0 cm³/mol. The Kier molecular flexibility index (Phi) is 1.72. The maximum atomic E-state index is 4.30. The molecule has 1 nitrogen and oxygen atoms in total. The molecule has 0 aliphatic heterocycles. The number of pyridine rings is 1. The smallest absolute Gasteiger partial charge is 0.0450 e. The van der Waals surface area contributed by atoms with Crippen LogP contribution in [0, 0.1) is 6.92 Å². The zero-order chi connectivity index (χ0) is 8.55. The number of hydrogen-bond acceptors (Lipinski definition) is 1. The Bertz CT molecular complexity index is 415. The molecule has 0 bridgehead atoms. The lowest BCUT2D eigenvalue weighted by Crippen LogP contribution is -2.32. The van der Waals surface area contributed by atoms with Crippen LogP contribution in [0.15, 0.2) is 12.3 Å². The van der Waals surface area contributed by atoms with E-state index in [9.17, 15) is 0 Å². The molecule has 12 heavy (non-hydrogen) atoms. The normalized spacial score (nSPS) is 15.3. The van der Waals surface area contributed by atoms with Crippen LogP contribution in [0.4, 0.5) is 0 Å². The summed E-state index contributed by atoms with van der Waals surface area (Å²) in [4.78, 5) is 4.30. The van der Waals surface area contributed by atoms with Crippen LogP contribution in [0.2, 0.25) is 0 Å². The van der Waals surface area contributed by atoms with Crippen molar-refractivity contribution in [2.24, 2.45) is 0 Å². The van der Waals surface area contributed by atoms with Gasteiger partial charge in [-0.3, -0.25) is 4.98 Å². The van der Waals surface area contributed by atoms with Gasteiger partial charge < -0.3 is 0 Å². The first-order valence-corrected chi connectivity index (χ1v) is 4.40. The summed E-state index contributed by atoms with van der Waals surface area (Å²) in [6.07, 6.45) is 6.57. The van der Waals surface area contributed by atoms with Crippen molar-refractivity contribution in [1.82, 2.24) is 4.98 Å². The van der Waals surface area contributed by atoms with Crippen LogP contribution in [0.3, 0.4) is 0 Å². The molecule has 1 heterocycles. The summed E-state index contributed by atoms with van der Waals surface area (Å²) in [5.74, 6) is 0. The fraction of sp³-hybridized carbons (Fsp3) is 0.364. The largest absolute Gasteiger partial charge is 0.261 e. The van der Waals surface area contributed by atoms with E-state index >= 15 is 0 Å². The first kappa shape index (κ1) is 7.53. The van der Waals surface area contributed by atoms with E-state index in [1.165, 1.54) is 34.5 Å². The van der Waals surface area contributed by atoms with E-state index in [-0.39, 0.29) is 0 Å². The molecular weight excluding hydrogens is 146 g/mol. The summed E-state index contributed by atoms with van der Waals surface area (Å²) in [6.45, 7) is 4.29. The Labute approximate surface area is 72.5 Å². The molecule has 0 saturated heterocycles. The lowest BCUT2D eigenvalue weighted by Gasteiger charge is -2.07. The van der Waals surface area contributed by atoms with Gasteiger partial charge in [-0.2, -0.15) is 0 Å². The molecule has 1 heteroatoms. The average Bonchev–Trinajstić information content (AvgIpc) is 2.04. The van der Waals surface area contributed by atoms with E-state index in [0.29, 0.717) is 0 Å². The molecule has 1 aromatic rings. The summed E-state index contributed by atoms with van der Waals surface area (Å²) in [7, 11) is 0. The third kappa shape index (κ3) is 1.06. The van der Waals surface area contributed by atoms with Crippen molar-refractivity contribution in [2.45, 2.75) is 26.7 Å². The molecule has 0 spiro atoms. The summed E-state index contributed by atoms with van der Waals surface area (Å²) in [5.41, 5.74) is 2.65. The average molecular weight is 159 g/mol. The maximum Gasteiger partial charge on any atom is 0.0450 e. The number of fused-ring (bicyclic) bond motifs is 1. The third-order valence-electron chi connectivity index (χ3n) is 2.48. The van der Waals surface area contributed by atoms with Gasteiger partial charge in [-0.05, 0) is 38.0 Å². The molecule has 62 valence electrons. The van der Waals surface area contributed by atoms with Crippen LogP contribution in [-0.4, -0.2) is 4.98 Å². The van der Waals surface area contributed by atoms with E-state index in [1.54, 1.807) is 0 Å². The number of nitrogens with zero attached hydrogens (tertiary/aromatic N) is 1. The second-order valence-electron chi connectivity index (χ2n) is 3.38. The van der Waals surface area contributed by atoms with E-state index in [1.807, 2.05) is 6.20 Å². The molecule has 0 radical (unpaired) electrons. The topological polar surface area (TPSA) is 12.9 Å². The standard InChI is InChI=1S/C11H13N/c1-8-4-3-5-10-6-7-12-9(2)11(8)10/h5-7H,3-4H2,1-2H3. The van der Waals surface area contributed by atoms with Crippen molar-refractivity contribution in [1.29, 1.82) is 0 Å². The highest BCUT2D eigenvalue weighted by Crippen LogP contribution is 2.06. The van der Waals surface area contributed by atoms with Crippen LogP contribution in [0.1, 0.15) is 25.5 Å². The lowest BCUT2D eigenvalue weighted by atomic mass is 10.0. The Morgan fingerprint density at radius 1 is 1.33 bits per heavy atom. The van der Waals surface area contributed by atoms with Gasteiger partial charge >= 0.3 is 0 Å². The van der Waals surface area contributed by atoms with E-state index < -0.39 is 0 Å². The highest BCUT2D eigenvalue weighted by molar-refractivity contribution is 5.49. The minimum atomic E-state index is 1.17. The van der Waals surface area contributed by atoms with Gasteiger partial charge in [-0.1, -0.05) is 11.6 Å². The SMILES string of the molecule is CC1=c2c(C)nccc2=CCC1. The van der Waals surface area contributed by atoms with Gasteiger partial charge in [-0.25, -0.2) is 0 Å². The third-order valence-corrected chi connectivity index (χ3v) is 2.48. The Morgan fingerprint density at radius 2 is 2.17 bits per heavy atom. The minimum absolute atomic E-state index is 1.17. The van der Waals surface area contributed by atoms with Gasteiger partial charge in [0.05, 0.1) is 0 Å². The van der Waals surface area contributed by atoms with Gasteiger partial charge in [0.25, 0.3) is 0 Å². The van der Waals surface area contributed by atoms with Crippen LogP contribution < -0.4 is 10.4 Å². The molecule has 2 rings (SSSR count). The van der Waals surface area contributed by atoms with Crippen LogP contribution in [0.5, 0.6) is 0 Å². The molecule has 0 fully saturated rings. The summed E-state index contributed by atoms with van der Waals surface area (Å²) in [6, 6.07) is 2.10. The van der Waals surface area contributed by atoms with Gasteiger partial charge in [-0.15, -0.1) is 0 Å². The first-order valence-electron chi connectivity index (χ1n) is 4.40. The summed E-state index contributed by atoms with van der Waals surface area (Å²) in [5, 5.41) is 2.75. The predicted octanol–water partition coefficient (Wildman–Crippen LogP) is 1.13. The van der Waals surface area contributed by atoms with Crippen molar-refractivity contribution in [3.05, 3.63) is 28.4 Å². The zero-order valence-corrected chi connectivity index (χ0v) is 7.59. The maximum absolute atomic E-state index is 4.30.